The maximum Gasteiger partial charge on any atom is 0.389 e. The van der Waals surface area contributed by atoms with Gasteiger partial charge in [-0.25, -0.2) is 4.79 Å². The average molecular weight is 558 g/mol. The number of rotatable bonds is 13. The van der Waals surface area contributed by atoms with Gasteiger partial charge in [-0.05, 0) is 72.7 Å². The quantitative estimate of drug-likeness (QED) is 0.294. The summed E-state index contributed by atoms with van der Waals surface area (Å²) < 4.78 is 48.7. The van der Waals surface area contributed by atoms with Crippen LogP contribution in [0.1, 0.15) is 30.4 Å². The third kappa shape index (κ3) is 9.52. The van der Waals surface area contributed by atoms with E-state index in [4.69, 9.17) is 9.47 Å². The third-order valence-corrected chi connectivity index (χ3v) is 6.20. The summed E-state index contributed by atoms with van der Waals surface area (Å²) in [6.45, 7) is 0.255. The number of benzene rings is 3. The molecule has 0 fully saturated rings. The van der Waals surface area contributed by atoms with Crippen molar-refractivity contribution in [3.63, 3.8) is 0 Å². The van der Waals surface area contributed by atoms with Crippen molar-refractivity contribution in [2.75, 3.05) is 32.2 Å². The number of carboxylic acids is 1. The Labute approximate surface area is 231 Å². The Morgan fingerprint density at radius 1 is 0.975 bits per heavy atom. The zero-order chi connectivity index (χ0) is 29.1. The number of urea groups is 1. The molecule has 7 nitrogen and oxygen atoms in total. The van der Waals surface area contributed by atoms with Crippen LogP contribution in [0.2, 0.25) is 0 Å². The van der Waals surface area contributed by atoms with E-state index in [0.29, 0.717) is 41.1 Å². The van der Waals surface area contributed by atoms with Gasteiger partial charge in [0.25, 0.3) is 0 Å². The Balaban J connectivity index is 1.72. The summed E-state index contributed by atoms with van der Waals surface area (Å²) in [7, 11) is 3.23. The summed E-state index contributed by atoms with van der Waals surface area (Å²) in [5.41, 5.74) is 3.57. The van der Waals surface area contributed by atoms with Gasteiger partial charge in [-0.15, -0.1) is 0 Å². The molecule has 0 radical (unpaired) electrons. The lowest BCUT2D eigenvalue weighted by atomic mass is 10.00. The van der Waals surface area contributed by atoms with Crippen LogP contribution in [0.15, 0.2) is 66.7 Å². The number of hydrogen-bond acceptors (Lipinski definition) is 5. The number of carbonyl (C=O) groups excluding carboxylic acids is 2. The number of nitrogens with zero attached hydrogens (tertiary/aromatic N) is 1. The molecule has 0 atom stereocenters. The van der Waals surface area contributed by atoms with Gasteiger partial charge in [0.2, 0.25) is 0 Å². The van der Waals surface area contributed by atoms with E-state index in [1.54, 1.807) is 56.6 Å². The van der Waals surface area contributed by atoms with Gasteiger partial charge in [0, 0.05) is 37.2 Å². The van der Waals surface area contributed by atoms with Gasteiger partial charge in [-0.1, -0.05) is 36.4 Å². The lowest BCUT2D eigenvalue weighted by molar-refractivity contribution is -0.305. The van der Waals surface area contributed by atoms with Crippen molar-refractivity contribution in [2.24, 2.45) is 0 Å². The molecule has 0 aliphatic heterocycles. The second kappa shape index (κ2) is 14.3. The fourth-order valence-corrected chi connectivity index (χ4v) is 4.04. The third-order valence-electron chi connectivity index (χ3n) is 6.20. The summed E-state index contributed by atoms with van der Waals surface area (Å²) in [5.74, 6) is -0.122. The summed E-state index contributed by atoms with van der Waals surface area (Å²) in [6.07, 6.45) is -4.85. The second-order valence-electron chi connectivity index (χ2n) is 9.21. The molecule has 2 amide bonds. The number of halogens is 3. The van der Waals surface area contributed by atoms with Gasteiger partial charge in [0.1, 0.15) is 11.5 Å². The van der Waals surface area contributed by atoms with Crippen LogP contribution >= 0.6 is 0 Å². The minimum Gasteiger partial charge on any atom is -0.550 e. The maximum absolute atomic E-state index is 12.8. The molecule has 0 aliphatic carbocycles. The van der Waals surface area contributed by atoms with Gasteiger partial charge < -0.3 is 24.7 Å². The Morgan fingerprint density at radius 2 is 1.73 bits per heavy atom. The highest BCUT2D eigenvalue weighted by Gasteiger charge is 2.26. The van der Waals surface area contributed by atoms with Gasteiger partial charge in [-0.3, -0.25) is 4.90 Å². The first-order chi connectivity index (χ1) is 19.1. The number of aryl methyl sites for hydroxylation is 1. The van der Waals surface area contributed by atoms with Crippen LogP contribution in [0.4, 0.5) is 23.7 Å². The van der Waals surface area contributed by atoms with Crippen molar-refractivity contribution in [1.82, 2.24) is 5.32 Å². The van der Waals surface area contributed by atoms with Crippen LogP contribution in [-0.2, 0) is 17.6 Å². The number of nitrogens with one attached hydrogen (secondary N) is 1. The molecule has 214 valence electrons. The summed E-state index contributed by atoms with van der Waals surface area (Å²) in [5, 5.41) is 13.8. The zero-order valence-electron chi connectivity index (χ0n) is 22.4. The number of alkyl halides is 3. The van der Waals surface area contributed by atoms with E-state index >= 15 is 0 Å². The molecule has 0 aromatic heterocycles. The Hall–Kier alpha value is -4.21. The van der Waals surface area contributed by atoms with Gasteiger partial charge in [-0.2, -0.15) is 13.2 Å². The zero-order valence-corrected chi connectivity index (χ0v) is 22.4. The minimum atomic E-state index is -4.28. The molecule has 0 saturated carbocycles. The molecule has 0 heterocycles. The standard InChI is InChI=1S/C30H33F3N2O5/c1-35(29(38)34-16-14-21-6-3-9-25(18-21)39-2)24-8-4-7-23(20-24)26-12-10-22(11-13-28(36)37)19-27(26)40-17-5-15-30(31,32)33/h3-4,6-10,12,18-20H,5,11,13-17H2,1-2H3,(H,34,38)(H,36,37)/p-1. The fraction of sp³-hybridized carbons (Fsp3) is 0.333. The molecule has 40 heavy (non-hydrogen) atoms. The molecule has 3 rings (SSSR count). The minimum absolute atomic E-state index is 0.161. The van der Waals surface area contributed by atoms with Crippen molar-refractivity contribution in [2.45, 2.75) is 38.3 Å². The normalized spacial score (nSPS) is 11.1. The van der Waals surface area contributed by atoms with E-state index in [-0.39, 0.29) is 31.9 Å². The topological polar surface area (TPSA) is 90.9 Å². The first kappa shape index (κ1) is 30.3. The highest BCUT2D eigenvalue weighted by molar-refractivity contribution is 5.92. The first-order valence-electron chi connectivity index (χ1n) is 12.8. The monoisotopic (exact) mass is 557 g/mol. The Bertz CT molecular complexity index is 1300. The number of anilines is 1. The molecule has 0 unspecified atom stereocenters. The summed E-state index contributed by atoms with van der Waals surface area (Å²) in [6, 6.07) is 19.5. The maximum atomic E-state index is 12.8. The van der Waals surface area contributed by atoms with Crippen LogP contribution in [-0.4, -0.2) is 45.5 Å². The van der Waals surface area contributed by atoms with E-state index in [1.807, 2.05) is 24.3 Å². The molecular weight excluding hydrogens is 525 g/mol. The molecule has 1 N–H and O–H groups in total. The predicted octanol–water partition coefficient (Wildman–Crippen LogP) is 5.15. The molecule has 0 spiro atoms. The highest BCUT2D eigenvalue weighted by atomic mass is 19.4. The van der Waals surface area contributed by atoms with Crippen LogP contribution in [0.5, 0.6) is 11.5 Å². The van der Waals surface area contributed by atoms with Crippen molar-refractivity contribution >= 4 is 17.7 Å². The van der Waals surface area contributed by atoms with Gasteiger partial charge in [0.05, 0.1) is 13.7 Å². The SMILES string of the molecule is COc1cccc(CCNC(=O)N(C)c2cccc(-c3ccc(CCC(=O)[O-])cc3OCCCC(F)(F)F)c2)c1. The number of ether oxygens (including phenoxy) is 2. The molecule has 0 bridgehead atoms. The largest absolute Gasteiger partial charge is 0.550 e. The Kier molecular flexibility index (Phi) is 10.8. The fourth-order valence-electron chi connectivity index (χ4n) is 4.04. The smallest absolute Gasteiger partial charge is 0.389 e. The highest BCUT2D eigenvalue weighted by Crippen LogP contribution is 2.34. The van der Waals surface area contributed by atoms with Crippen LogP contribution in [0.25, 0.3) is 11.1 Å². The predicted molar refractivity (Wildman–Crippen MR) is 144 cm³/mol. The molecule has 3 aromatic rings. The number of methoxy groups -OCH3 is 1. The summed E-state index contributed by atoms with van der Waals surface area (Å²) >= 11 is 0. The molecule has 0 aliphatic rings. The van der Waals surface area contributed by atoms with Crippen LogP contribution in [0, 0.1) is 0 Å². The van der Waals surface area contributed by atoms with Crippen molar-refractivity contribution in [3.05, 3.63) is 77.9 Å². The van der Waals surface area contributed by atoms with E-state index in [0.717, 1.165) is 11.3 Å². The lowest BCUT2D eigenvalue weighted by Gasteiger charge is -2.20. The molecule has 0 saturated heterocycles. The second-order valence-corrected chi connectivity index (χ2v) is 9.21. The van der Waals surface area contributed by atoms with Gasteiger partial charge in [0.15, 0.2) is 0 Å². The van der Waals surface area contributed by atoms with Crippen molar-refractivity contribution in [1.29, 1.82) is 0 Å². The van der Waals surface area contributed by atoms with E-state index in [1.165, 1.54) is 4.90 Å². The van der Waals surface area contributed by atoms with E-state index in [9.17, 15) is 27.9 Å². The first-order valence-corrected chi connectivity index (χ1v) is 12.8. The van der Waals surface area contributed by atoms with E-state index < -0.39 is 18.6 Å². The van der Waals surface area contributed by atoms with Crippen LogP contribution in [0.3, 0.4) is 0 Å². The van der Waals surface area contributed by atoms with Crippen LogP contribution < -0.4 is 24.8 Å². The lowest BCUT2D eigenvalue weighted by Crippen LogP contribution is -2.38. The van der Waals surface area contributed by atoms with Crippen molar-refractivity contribution < 1.29 is 37.3 Å². The van der Waals surface area contributed by atoms with Crippen molar-refractivity contribution in [3.8, 4) is 22.6 Å². The Morgan fingerprint density at radius 3 is 2.45 bits per heavy atom. The number of aliphatic carboxylic acids is 1. The average Bonchev–Trinajstić information content (AvgIpc) is 2.93. The number of amides is 2. The number of carboxylic acid groups (broad SMARTS) is 1. The summed E-state index contributed by atoms with van der Waals surface area (Å²) in [4.78, 5) is 25.2. The number of carbonyl (C=O) groups is 2. The molecule has 3 aromatic carbocycles. The van der Waals surface area contributed by atoms with E-state index in [2.05, 4.69) is 5.32 Å². The molecule has 10 heteroatoms. The number of hydrogen-bond donors (Lipinski definition) is 1. The molecular formula is C30H32F3N2O5-. The van der Waals surface area contributed by atoms with Gasteiger partial charge >= 0.3 is 12.2 Å².